The number of aromatic nitrogens is 3. The van der Waals surface area contributed by atoms with Gasteiger partial charge in [0, 0.05) is 128 Å². The molecule has 1 fully saturated rings. The zero-order valence-electron chi connectivity index (χ0n) is 56.2. The van der Waals surface area contributed by atoms with Crippen molar-refractivity contribution >= 4 is 54.3 Å². The molecule has 1 aliphatic heterocycles. The van der Waals surface area contributed by atoms with E-state index in [9.17, 15) is 28.4 Å². The molecule has 99 heavy (non-hydrogen) atoms. The maximum atomic E-state index is 14.7. The van der Waals surface area contributed by atoms with Crippen LogP contribution in [0.1, 0.15) is 50.5 Å². The smallest absolute Gasteiger partial charge is 0.276 e. The van der Waals surface area contributed by atoms with Crippen LogP contribution in [0, 0.1) is 35.5 Å². The molecule has 0 saturated carbocycles. The van der Waals surface area contributed by atoms with Gasteiger partial charge in [-0.25, -0.2) is 15.0 Å². The molecule has 6 aromatic carbocycles. The van der Waals surface area contributed by atoms with Crippen LogP contribution in [0.4, 0.5) is 0 Å². The first-order valence-corrected chi connectivity index (χ1v) is 36.1. The van der Waals surface area contributed by atoms with E-state index in [0.29, 0.717) is 141 Å². The van der Waals surface area contributed by atoms with Crippen molar-refractivity contribution in [2.75, 3.05) is 103 Å². The van der Waals surface area contributed by atoms with E-state index in [1.807, 2.05) is 0 Å². The quantitative estimate of drug-likeness (QED) is 0.0462. The summed E-state index contributed by atoms with van der Waals surface area (Å²) in [5.41, 5.74) is 3.55. The van der Waals surface area contributed by atoms with Crippen LogP contribution in [0.15, 0.2) is 164 Å². The minimum Gasteiger partial charge on any atom is -0.496 e. The highest BCUT2D eigenvalue weighted by Crippen LogP contribution is 2.41. The van der Waals surface area contributed by atoms with Crippen molar-refractivity contribution in [2.45, 2.75) is 19.6 Å². The molecule has 0 bridgehead atoms. The van der Waals surface area contributed by atoms with Gasteiger partial charge in [0.05, 0.1) is 81.1 Å². The monoisotopic (exact) mass is 1390 g/mol. The van der Waals surface area contributed by atoms with Gasteiger partial charge in [0.1, 0.15) is 84.7 Å². The molecule has 21 nitrogen and oxygen atoms in total. The van der Waals surface area contributed by atoms with Gasteiger partial charge in [-0.3, -0.25) is 28.4 Å². The second-order valence-corrected chi connectivity index (χ2v) is 29.0. The fraction of sp³-hybridized carbons (Fsp3) is 0.240. The SMILES string of the molecule is COc1cc(OC)c(C#Cc2cc(CN3CCN(Cc4cc(C#Cc5c(OC)cc(OC)cc5OC)cc(P(=O)(O)c5ccccc5)n4)CCN(Cc4cc(C#Cc5c(OC)cc(OC)cc5OC)cc(P(=O)(O)c5ccccc5)n4)CC3)nc(P(=O)(O)c3ccccc3)c2)c(OC)c1. The van der Waals surface area contributed by atoms with Gasteiger partial charge < -0.3 is 57.3 Å². The molecule has 3 unspecified atom stereocenters. The molecular weight excluding hydrogens is 1320 g/mol. The third-order valence-corrected chi connectivity index (χ3v) is 21.9. The van der Waals surface area contributed by atoms with Crippen LogP contribution in [-0.2, 0) is 33.3 Å². The highest BCUT2D eigenvalue weighted by molar-refractivity contribution is 7.74. The van der Waals surface area contributed by atoms with Crippen molar-refractivity contribution < 1.29 is 71.0 Å². The lowest BCUT2D eigenvalue weighted by molar-refractivity contribution is 0.207. The van der Waals surface area contributed by atoms with E-state index in [2.05, 4.69) is 50.2 Å². The molecule has 0 amide bonds. The average molecular weight is 1390 g/mol. The van der Waals surface area contributed by atoms with Crippen molar-refractivity contribution in [1.29, 1.82) is 0 Å². The Bertz CT molecular complexity index is 4190. The van der Waals surface area contributed by atoms with E-state index >= 15 is 0 Å². The molecular formula is C75H75N6O15P3. The van der Waals surface area contributed by atoms with Gasteiger partial charge in [-0.05, 0) is 72.8 Å². The van der Waals surface area contributed by atoms with Gasteiger partial charge in [-0.2, -0.15) is 0 Å². The Labute approximate surface area is 576 Å². The topological polar surface area (TPSA) is 243 Å². The lowest BCUT2D eigenvalue weighted by atomic mass is 10.1. The van der Waals surface area contributed by atoms with E-state index < -0.39 is 22.1 Å². The van der Waals surface area contributed by atoms with Crippen LogP contribution < -0.4 is 74.9 Å². The van der Waals surface area contributed by atoms with Crippen LogP contribution in [0.3, 0.4) is 0 Å². The maximum Gasteiger partial charge on any atom is 0.276 e. The normalized spacial score (nSPS) is 14.5. The maximum absolute atomic E-state index is 14.7. The molecule has 4 heterocycles. The molecule has 3 atom stereocenters. The molecule has 3 N–H and O–H groups in total. The predicted octanol–water partition coefficient (Wildman–Crippen LogP) is 7.63. The molecule has 0 radical (unpaired) electrons. The minimum absolute atomic E-state index is 0.0764. The lowest BCUT2D eigenvalue weighted by Crippen LogP contribution is -2.36. The van der Waals surface area contributed by atoms with E-state index in [1.54, 1.807) is 146 Å². The first kappa shape index (κ1) is 71.9. The number of hydrogen-bond acceptors (Lipinski definition) is 18. The zero-order chi connectivity index (χ0) is 70.3. The first-order chi connectivity index (χ1) is 47.8. The fourth-order valence-corrected chi connectivity index (χ4v) is 15.3. The Hall–Kier alpha value is -9.90. The summed E-state index contributed by atoms with van der Waals surface area (Å²) in [7, 11) is 0.662. The van der Waals surface area contributed by atoms with Crippen molar-refractivity contribution in [3.05, 3.63) is 214 Å². The number of pyridine rings is 3. The summed E-state index contributed by atoms with van der Waals surface area (Å²) in [6.07, 6.45) is 0. The summed E-state index contributed by atoms with van der Waals surface area (Å²) >= 11 is 0. The average Bonchev–Trinajstić information content (AvgIpc) is 0.914. The first-order valence-electron chi connectivity index (χ1n) is 31.2. The van der Waals surface area contributed by atoms with Crippen LogP contribution >= 0.6 is 22.1 Å². The second kappa shape index (κ2) is 32.6. The third kappa shape index (κ3) is 17.3. The molecule has 1 aliphatic rings. The van der Waals surface area contributed by atoms with Crippen LogP contribution in [0.25, 0.3) is 0 Å². The van der Waals surface area contributed by atoms with Gasteiger partial charge in [0.15, 0.2) is 0 Å². The predicted molar refractivity (Wildman–Crippen MR) is 381 cm³/mol. The summed E-state index contributed by atoms with van der Waals surface area (Å²) in [5, 5.41) is 0.549. The summed E-state index contributed by atoms with van der Waals surface area (Å²) < 4.78 is 95.1. The van der Waals surface area contributed by atoms with Gasteiger partial charge in [0.2, 0.25) is 0 Å². The number of benzene rings is 6. The van der Waals surface area contributed by atoms with E-state index in [-0.39, 0.29) is 51.9 Å². The number of methoxy groups -OCH3 is 9. The molecule has 510 valence electrons. The molecule has 24 heteroatoms. The molecule has 3 aromatic heterocycles. The van der Waals surface area contributed by atoms with E-state index in [1.165, 1.54) is 82.2 Å². The Balaban J connectivity index is 1.08. The molecule has 1 saturated heterocycles. The standard InChI is InChI=1S/C75H75N6O15P3/c1-88-58-43-67(91-4)64(68(44-58)92-5)28-25-52-37-55(76-73(40-52)97(82,83)61-19-13-10-14-20-61)49-79-31-33-80(50-56-38-53(41-74(77-56)98(84,85)62-21-15-11-16-22-62)26-29-65-69(93-6)45-59(89-2)46-70(65)94-7)35-36-81(34-32-79)51-57-39-54(42-75(78-57)99(86,87)63-23-17-12-18-24-63)27-30-66-71(95-8)47-60(90-3)48-72(66)96-9/h10-24,37-48H,31-36,49-51H2,1-9H3,(H,82,83)(H,84,85)(H,86,87). The third-order valence-electron chi connectivity index (χ3n) is 16.3. The van der Waals surface area contributed by atoms with Crippen LogP contribution in [0.2, 0.25) is 0 Å². The number of ether oxygens (including phenoxy) is 9. The molecule has 0 spiro atoms. The number of nitrogens with zero attached hydrogens (tertiary/aromatic N) is 6. The summed E-state index contributed by atoms with van der Waals surface area (Å²) in [6.45, 7) is 3.00. The van der Waals surface area contributed by atoms with Crippen molar-refractivity contribution in [1.82, 2.24) is 29.7 Å². The Morgan fingerprint density at radius 1 is 0.323 bits per heavy atom. The molecule has 9 aromatic rings. The fourth-order valence-electron chi connectivity index (χ4n) is 11.1. The summed E-state index contributed by atoms with van der Waals surface area (Å²) in [5.74, 6) is 23.0. The Morgan fingerprint density at radius 2 is 0.545 bits per heavy atom. The van der Waals surface area contributed by atoms with Gasteiger partial charge in [0.25, 0.3) is 22.1 Å². The molecule has 0 aliphatic carbocycles. The van der Waals surface area contributed by atoms with E-state index in [0.717, 1.165) is 0 Å². The van der Waals surface area contributed by atoms with Gasteiger partial charge >= 0.3 is 0 Å². The minimum atomic E-state index is -4.33. The zero-order valence-corrected chi connectivity index (χ0v) is 58.9. The van der Waals surface area contributed by atoms with E-state index in [4.69, 9.17) is 57.6 Å². The highest BCUT2D eigenvalue weighted by Gasteiger charge is 2.31. The van der Waals surface area contributed by atoms with Crippen LogP contribution in [0.5, 0.6) is 51.7 Å². The Morgan fingerprint density at radius 3 is 0.747 bits per heavy atom. The van der Waals surface area contributed by atoms with Crippen molar-refractivity contribution in [3.8, 4) is 87.3 Å². The van der Waals surface area contributed by atoms with Crippen molar-refractivity contribution in [2.24, 2.45) is 0 Å². The number of hydrogen-bond donors (Lipinski definition) is 3. The van der Waals surface area contributed by atoms with Gasteiger partial charge in [-0.15, -0.1) is 0 Å². The lowest BCUT2D eigenvalue weighted by Gasteiger charge is -2.26. The van der Waals surface area contributed by atoms with Gasteiger partial charge in [-0.1, -0.05) is 90.1 Å². The Kier molecular flexibility index (Phi) is 23.7. The van der Waals surface area contributed by atoms with Crippen LogP contribution in [-0.4, -0.2) is 148 Å². The molecule has 10 rings (SSSR count). The largest absolute Gasteiger partial charge is 0.496 e. The highest BCUT2D eigenvalue weighted by atomic mass is 31.2. The number of rotatable bonds is 21. The second-order valence-electron chi connectivity index (χ2n) is 22.6. The summed E-state index contributed by atoms with van der Waals surface area (Å²) in [4.78, 5) is 57.5. The summed E-state index contributed by atoms with van der Waals surface area (Å²) in [6, 6.07) is 45.0. The van der Waals surface area contributed by atoms with Crippen molar-refractivity contribution in [3.63, 3.8) is 0 Å².